The van der Waals surface area contributed by atoms with Crippen LogP contribution in [0.1, 0.15) is 224 Å². The summed E-state index contributed by atoms with van der Waals surface area (Å²) in [5.74, 6) is 2.66. The van der Waals surface area contributed by atoms with Crippen molar-refractivity contribution in [2.45, 2.75) is 190 Å². The van der Waals surface area contributed by atoms with Crippen molar-refractivity contribution < 1.29 is 70.1 Å². The van der Waals surface area contributed by atoms with Gasteiger partial charge in [-0.2, -0.15) is 0 Å². The molecular formula is C106H116O14. The predicted molar refractivity (Wildman–Crippen MR) is 483 cm³/mol. The lowest BCUT2D eigenvalue weighted by atomic mass is 9.79. The summed E-state index contributed by atoms with van der Waals surface area (Å²) in [6.45, 7) is 53.0. The normalized spacial score (nSPS) is 11.1. The van der Waals surface area contributed by atoms with E-state index in [9.17, 15) is 60.7 Å². The SMILES string of the molecule is C=CC(=O)Oc1c(C)cc(C(c2cc(C)c(O)c(C)c2)c2cc(C)c(O)c(C)c2)cc1C.C=CC(=O)Oc1c(C)cc(C(c2cc(C)c(O)cc2C)c2cc(C)c(O)cc2C)cc1C.Cc1cc(C(c2cc(C)c(O)c(C)c2)c2cc(C)c(O)c(C)c2)cc(C)c1O.Cc1cc(C(c2cc(C)c(O)c(C)c2)c2cc(C)c(O)cc2C)c(C)cc1O. The summed E-state index contributed by atoms with van der Waals surface area (Å²) in [6.07, 6.45) is 2.31. The summed E-state index contributed by atoms with van der Waals surface area (Å²) in [4.78, 5) is 23.6. The second-order valence-corrected chi connectivity index (χ2v) is 33.0. The molecule has 0 spiro atoms. The third-order valence-electron chi connectivity index (χ3n) is 23.0. The topological polar surface area (TPSA) is 255 Å². The van der Waals surface area contributed by atoms with Crippen LogP contribution in [0.15, 0.2) is 171 Å². The third-order valence-corrected chi connectivity index (χ3v) is 23.0. The van der Waals surface area contributed by atoms with E-state index in [0.717, 1.165) is 212 Å². The van der Waals surface area contributed by atoms with E-state index in [1.54, 1.807) is 24.3 Å². The molecule has 0 bridgehead atoms. The number of carbonyl (C=O) groups is 2. The number of carbonyl (C=O) groups excluding carboxylic acids is 2. The Hall–Kier alpha value is -12.9. The molecular weight excluding hydrogens is 1500 g/mol. The van der Waals surface area contributed by atoms with E-state index >= 15 is 0 Å². The van der Waals surface area contributed by atoms with Gasteiger partial charge in [0.25, 0.3) is 0 Å². The number of hydrogen-bond donors (Lipinski definition) is 10. The van der Waals surface area contributed by atoms with Gasteiger partial charge in [-0.1, -0.05) is 134 Å². The Bertz CT molecular complexity index is 5530. The maximum atomic E-state index is 11.8. The van der Waals surface area contributed by atoms with Gasteiger partial charge in [0, 0.05) is 35.8 Å². The Morgan fingerprint density at radius 2 is 0.350 bits per heavy atom. The van der Waals surface area contributed by atoms with Crippen molar-refractivity contribution in [1.82, 2.24) is 0 Å². The number of aromatic hydroxyl groups is 10. The minimum atomic E-state index is -0.491. The molecule has 0 aliphatic rings. The van der Waals surface area contributed by atoms with Crippen LogP contribution in [0.5, 0.6) is 69.0 Å². The molecule has 0 amide bonds. The van der Waals surface area contributed by atoms with E-state index in [4.69, 9.17) is 9.47 Å². The zero-order valence-corrected chi connectivity index (χ0v) is 73.8. The van der Waals surface area contributed by atoms with Gasteiger partial charge in [0.15, 0.2) is 0 Å². The monoisotopic (exact) mass is 1610 g/mol. The van der Waals surface area contributed by atoms with Crippen LogP contribution in [0, 0.1) is 166 Å². The number of ether oxygens (including phenoxy) is 2. The van der Waals surface area contributed by atoms with Gasteiger partial charge in [-0.15, -0.1) is 0 Å². The molecule has 12 rings (SSSR count). The molecule has 0 heterocycles. The summed E-state index contributed by atoms with van der Waals surface area (Å²) in [6, 6.07) is 47.6. The lowest BCUT2D eigenvalue weighted by molar-refractivity contribution is -0.129. The van der Waals surface area contributed by atoms with Gasteiger partial charge in [-0.05, 0) is 391 Å². The second kappa shape index (κ2) is 37.3. The van der Waals surface area contributed by atoms with Crippen LogP contribution in [0.25, 0.3) is 0 Å². The largest absolute Gasteiger partial charge is 0.508 e. The molecule has 0 unspecified atom stereocenters. The molecule has 0 aliphatic carbocycles. The Balaban J connectivity index is 0.000000182. The summed E-state index contributed by atoms with van der Waals surface area (Å²) < 4.78 is 10.9. The summed E-state index contributed by atoms with van der Waals surface area (Å²) in [7, 11) is 0. The molecule has 0 aliphatic heterocycles. The lowest BCUT2D eigenvalue weighted by Gasteiger charge is -2.25. The fraction of sp³-hybridized carbons (Fsp3) is 0.264. The van der Waals surface area contributed by atoms with E-state index in [-0.39, 0.29) is 46.7 Å². The molecule has 0 saturated carbocycles. The van der Waals surface area contributed by atoms with Gasteiger partial charge in [0.1, 0.15) is 69.0 Å². The Morgan fingerprint density at radius 3 is 0.500 bits per heavy atom. The van der Waals surface area contributed by atoms with Crippen LogP contribution in [-0.4, -0.2) is 63.0 Å². The summed E-state index contributed by atoms with van der Waals surface area (Å²) in [5, 5.41) is 102. The maximum Gasteiger partial charge on any atom is 0.335 e. The highest BCUT2D eigenvalue weighted by Gasteiger charge is 2.30. The van der Waals surface area contributed by atoms with Crippen LogP contribution >= 0.6 is 0 Å². The fourth-order valence-electron chi connectivity index (χ4n) is 16.6. The second-order valence-electron chi connectivity index (χ2n) is 33.0. The first-order chi connectivity index (χ1) is 56.2. The van der Waals surface area contributed by atoms with Crippen LogP contribution in [0.4, 0.5) is 0 Å². The predicted octanol–water partition coefficient (Wildman–Crippen LogP) is 24.1. The van der Waals surface area contributed by atoms with Gasteiger partial charge in [-0.3, -0.25) is 0 Å². The van der Waals surface area contributed by atoms with Crippen LogP contribution in [0.2, 0.25) is 0 Å². The standard InChI is InChI=1S/2C28H30O4.2C25H28O3/c1-8-26(31)32-28-19(6)9-21(10-20(28)7)27(22-11-17(4)24(29)13-15(22)2)23-12-18(5)25(30)14-16(23)3;1-8-24(29)32-28-19(6)13-23(14-20(28)7)25(21-9-15(2)26(30)16(3)10-21)22-11-17(4)27(31)18(5)12-22;1-13-11-22(26)15(3)9-20(13)24(19-7-17(5)25(28)18(6)8-19)21-10-16(4)23(27)12-14(21)2;1-13-7-19(8-14(2)23(13)26)22(20-9-15(3)24(27)16(4)10-20)21-11-17(5)25(28)18(6)12-21/h8-14,27,29-30H,1H2,2-7H3;8-14,25,30-31H,1H2,2-7H3;7-12,24,26-28H,1-6H3;7-12,22,26-28H,1-6H3. The van der Waals surface area contributed by atoms with Gasteiger partial charge in [0.05, 0.1) is 0 Å². The molecule has 0 fully saturated rings. The number of rotatable bonds is 16. The van der Waals surface area contributed by atoms with Gasteiger partial charge < -0.3 is 60.5 Å². The highest BCUT2D eigenvalue weighted by molar-refractivity contribution is 5.84. The fourth-order valence-corrected chi connectivity index (χ4v) is 16.6. The minimum absolute atomic E-state index is 0.0726. The maximum absolute atomic E-state index is 11.8. The number of benzene rings is 12. The first-order valence-corrected chi connectivity index (χ1v) is 40.2. The molecule has 12 aromatic carbocycles. The molecule has 10 N–H and O–H groups in total. The number of hydrogen-bond acceptors (Lipinski definition) is 14. The Morgan fingerprint density at radius 1 is 0.208 bits per heavy atom. The lowest BCUT2D eigenvalue weighted by Crippen LogP contribution is -2.11. The Labute approximate surface area is 708 Å². The van der Waals surface area contributed by atoms with Crippen LogP contribution in [0.3, 0.4) is 0 Å². The van der Waals surface area contributed by atoms with Gasteiger partial charge in [-0.25, -0.2) is 9.59 Å². The Kier molecular flexibility index (Phi) is 28.3. The number of phenols is 10. The molecule has 12 aromatic rings. The summed E-state index contributed by atoms with van der Waals surface area (Å²) in [5.41, 5.74) is 33.3. The van der Waals surface area contributed by atoms with Crippen LogP contribution in [-0.2, 0) is 9.59 Å². The zero-order valence-electron chi connectivity index (χ0n) is 73.8. The average Bonchev–Trinajstić information content (AvgIpc) is 0.776. The van der Waals surface area contributed by atoms with E-state index in [0.29, 0.717) is 46.0 Å². The van der Waals surface area contributed by atoms with E-state index in [1.165, 1.54) is 0 Å². The van der Waals surface area contributed by atoms with Gasteiger partial charge >= 0.3 is 11.9 Å². The third kappa shape index (κ3) is 19.9. The average molecular weight is 1610 g/mol. The molecule has 14 heteroatoms. The van der Waals surface area contributed by atoms with E-state index in [1.807, 2.05) is 287 Å². The number of esters is 2. The van der Waals surface area contributed by atoms with Crippen molar-refractivity contribution in [3.05, 3.63) is 371 Å². The van der Waals surface area contributed by atoms with Crippen molar-refractivity contribution >= 4 is 11.9 Å². The number of phenolic OH excluding ortho intramolecular Hbond substituents is 10. The molecule has 0 atom stereocenters. The van der Waals surface area contributed by atoms with E-state index in [2.05, 4.69) is 13.2 Å². The zero-order chi connectivity index (χ0) is 89.0. The van der Waals surface area contributed by atoms with Crippen molar-refractivity contribution in [1.29, 1.82) is 0 Å². The quantitative estimate of drug-likeness (QED) is 0.0187. The van der Waals surface area contributed by atoms with Crippen molar-refractivity contribution in [3.63, 3.8) is 0 Å². The molecule has 120 heavy (non-hydrogen) atoms. The number of aryl methyl sites for hydroxylation is 24. The van der Waals surface area contributed by atoms with Crippen molar-refractivity contribution in [2.75, 3.05) is 0 Å². The molecule has 0 radical (unpaired) electrons. The first kappa shape index (κ1) is 91.0. The smallest absolute Gasteiger partial charge is 0.335 e. The first-order valence-electron chi connectivity index (χ1n) is 40.2. The van der Waals surface area contributed by atoms with Crippen LogP contribution < -0.4 is 9.47 Å². The van der Waals surface area contributed by atoms with Crippen molar-refractivity contribution in [2.24, 2.45) is 0 Å². The van der Waals surface area contributed by atoms with Crippen molar-refractivity contribution in [3.8, 4) is 69.0 Å². The highest BCUT2D eigenvalue weighted by Crippen LogP contribution is 2.47. The molecule has 0 aromatic heterocycles. The molecule has 14 nitrogen and oxygen atoms in total. The molecule has 0 saturated heterocycles. The summed E-state index contributed by atoms with van der Waals surface area (Å²) >= 11 is 0. The van der Waals surface area contributed by atoms with Gasteiger partial charge in [0.2, 0.25) is 0 Å². The van der Waals surface area contributed by atoms with E-state index < -0.39 is 11.9 Å². The highest BCUT2D eigenvalue weighted by atomic mass is 16.5. The minimum Gasteiger partial charge on any atom is -0.508 e. The molecule has 624 valence electrons.